The van der Waals surface area contributed by atoms with Gasteiger partial charge in [0, 0.05) is 18.7 Å². The van der Waals surface area contributed by atoms with Crippen molar-refractivity contribution in [1.82, 2.24) is 0 Å². The molecule has 0 spiro atoms. The van der Waals surface area contributed by atoms with Crippen LogP contribution in [0.25, 0.3) is 0 Å². The van der Waals surface area contributed by atoms with Gasteiger partial charge in [-0.05, 0) is 12.5 Å². The summed E-state index contributed by atoms with van der Waals surface area (Å²) in [6, 6.07) is 5.79. The third-order valence-electron chi connectivity index (χ3n) is 2.95. The van der Waals surface area contributed by atoms with E-state index in [2.05, 4.69) is 11.5 Å². The molecule has 2 rings (SSSR count). The van der Waals surface area contributed by atoms with Gasteiger partial charge in [0.05, 0.1) is 18.9 Å². The van der Waals surface area contributed by atoms with Gasteiger partial charge in [0.1, 0.15) is 5.75 Å². The molecule has 0 aliphatic carbocycles. The molecule has 3 nitrogen and oxygen atoms in total. The van der Waals surface area contributed by atoms with E-state index in [0.717, 1.165) is 36.5 Å². The number of hydrogen-bond acceptors (Lipinski definition) is 3. The predicted octanol–water partition coefficient (Wildman–Crippen LogP) is 2.12. The van der Waals surface area contributed by atoms with Crippen molar-refractivity contribution in [1.29, 1.82) is 0 Å². The fraction of sp³-hybridized carbons (Fsp3) is 0.385. The molecule has 16 heavy (non-hydrogen) atoms. The average molecular weight is 219 g/mol. The molecule has 0 radical (unpaired) electrons. The number of aliphatic hydroxyl groups is 1. The largest absolute Gasteiger partial charge is 0.495 e. The van der Waals surface area contributed by atoms with E-state index < -0.39 is 0 Å². The number of nitrogens with zero attached hydrogens (tertiary/aromatic N) is 1. The third kappa shape index (κ3) is 1.78. The van der Waals surface area contributed by atoms with Crippen LogP contribution >= 0.6 is 0 Å². The first-order valence-corrected chi connectivity index (χ1v) is 5.48. The van der Waals surface area contributed by atoms with Crippen molar-refractivity contribution in [3.63, 3.8) is 0 Å². The normalized spacial score (nSPS) is 19.1. The molecule has 1 aliphatic heterocycles. The fourth-order valence-corrected chi connectivity index (χ4v) is 2.20. The van der Waals surface area contributed by atoms with Crippen molar-refractivity contribution in [3.05, 3.63) is 36.4 Å². The molecule has 1 aliphatic rings. The minimum atomic E-state index is -0.383. The topological polar surface area (TPSA) is 32.7 Å². The third-order valence-corrected chi connectivity index (χ3v) is 2.95. The van der Waals surface area contributed by atoms with Crippen LogP contribution in [0.3, 0.4) is 0 Å². The Morgan fingerprint density at radius 1 is 1.62 bits per heavy atom. The molecule has 0 fully saturated rings. The van der Waals surface area contributed by atoms with Crippen LogP contribution in [-0.2, 0) is 0 Å². The monoisotopic (exact) mass is 219 g/mol. The molecule has 1 aromatic carbocycles. The number of fused-ring (bicyclic) bond motifs is 1. The van der Waals surface area contributed by atoms with Crippen LogP contribution < -0.4 is 9.64 Å². The van der Waals surface area contributed by atoms with Crippen molar-refractivity contribution < 1.29 is 9.84 Å². The van der Waals surface area contributed by atoms with Gasteiger partial charge in [-0.3, -0.25) is 0 Å². The van der Waals surface area contributed by atoms with Crippen LogP contribution in [-0.4, -0.2) is 25.3 Å². The molecule has 0 bridgehead atoms. The summed E-state index contributed by atoms with van der Waals surface area (Å²) in [5.74, 6) is 0.818. The first kappa shape index (κ1) is 11.0. The van der Waals surface area contributed by atoms with E-state index in [-0.39, 0.29) is 6.10 Å². The molecule has 0 saturated carbocycles. The van der Waals surface area contributed by atoms with Crippen LogP contribution in [0.5, 0.6) is 5.75 Å². The van der Waals surface area contributed by atoms with Gasteiger partial charge >= 0.3 is 0 Å². The SMILES string of the molecule is C=CCN1CC[C@@H](O)c2cccc(OC)c21. The molecule has 0 aromatic heterocycles. The highest BCUT2D eigenvalue weighted by atomic mass is 16.5. The summed E-state index contributed by atoms with van der Waals surface area (Å²) < 4.78 is 5.35. The van der Waals surface area contributed by atoms with E-state index >= 15 is 0 Å². The van der Waals surface area contributed by atoms with E-state index in [0.29, 0.717) is 0 Å². The standard InChI is InChI=1S/C13H17NO2/c1-3-8-14-9-7-11(15)10-5-4-6-12(16-2)13(10)14/h3-6,11,15H,1,7-9H2,2H3/t11-/m1/s1. The van der Waals surface area contributed by atoms with Gasteiger partial charge in [-0.25, -0.2) is 0 Å². The highest BCUT2D eigenvalue weighted by Crippen LogP contribution is 2.40. The number of benzene rings is 1. The second kappa shape index (κ2) is 4.58. The second-order valence-corrected chi connectivity index (χ2v) is 3.94. The Morgan fingerprint density at radius 2 is 2.44 bits per heavy atom. The fourth-order valence-electron chi connectivity index (χ4n) is 2.20. The predicted molar refractivity (Wildman–Crippen MR) is 65.0 cm³/mol. The van der Waals surface area contributed by atoms with E-state index in [1.165, 1.54) is 0 Å². The second-order valence-electron chi connectivity index (χ2n) is 3.94. The Hall–Kier alpha value is -1.48. The number of anilines is 1. The summed E-state index contributed by atoms with van der Waals surface area (Å²) in [6.45, 7) is 5.37. The highest BCUT2D eigenvalue weighted by Gasteiger charge is 2.25. The molecule has 1 aromatic rings. The molecule has 86 valence electrons. The average Bonchev–Trinajstić information content (AvgIpc) is 2.32. The summed E-state index contributed by atoms with van der Waals surface area (Å²) in [6.07, 6.45) is 2.24. The van der Waals surface area contributed by atoms with E-state index in [4.69, 9.17) is 4.74 Å². The van der Waals surface area contributed by atoms with Gasteiger partial charge in [-0.15, -0.1) is 6.58 Å². The molecule has 0 unspecified atom stereocenters. The lowest BCUT2D eigenvalue weighted by Gasteiger charge is -2.34. The zero-order valence-electron chi connectivity index (χ0n) is 9.52. The number of methoxy groups -OCH3 is 1. The van der Waals surface area contributed by atoms with Gasteiger partial charge in [0.2, 0.25) is 0 Å². The van der Waals surface area contributed by atoms with Crippen LogP contribution in [0.4, 0.5) is 5.69 Å². The minimum absolute atomic E-state index is 0.383. The Balaban J connectivity index is 2.48. The lowest BCUT2D eigenvalue weighted by atomic mass is 9.98. The lowest BCUT2D eigenvalue weighted by molar-refractivity contribution is 0.164. The number of hydrogen-bond donors (Lipinski definition) is 1. The van der Waals surface area contributed by atoms with Crippen molar-refractivity contribution in [2.24, 2.45) is 0 Å². The Kier molecular flexibility index (Phi) is 3.15. The van der Waals surface area contributed by atoms with Gasteiger partial charge in [-0.1, -0.05) is 18.2 Å². The summed E-state index contributed by atoms with van der Waals surface area (Å²) in [5.41, 5.74) is 1.95. The Bertz CT molecular complexity index is 390. The molecule has 0 saturated heterocycles. The molecule has 1 heterocycles. The van der Waals surface area contributed by atoms with Crippen molar-refractivity contribution >= 4 is 5.69 Å². The van der Waals surface area contributed by atoms with E-state index in [1.54, 1.807) is 7.11 Å². The molecular weight excluding hydrogens is 202 g/mol. The summed E-state index contributed by atoms with van der Waals surface area (Å²) in [7, 11) is 1.66. The molecule has 1 N–H and O–H groups in total. The van der Waals surface area contributed by atoms with Crippen molar-refractivity contribution in [2.75, 3.05) is 25.1 Å². The van der Waals surface area contributed by atoms with E-state index in [9.17, 15) is 5.11 Å². The van der Waals surface area contributed by atoms with Gasteiger partial charge in [0.25, 0.3) is 0 Å². The number of rotatable bonds is 3. The maximum atomic E-state index is 9.96. The van der Waals surface area contributed by atoms with Crippen LogP contribution in [0.2, 0.25) is 0 Å². The number of para-hydroxylation sites is 1. The zero-order chi connectivity index (χ0) is 11.5. The van der Waals surface area contributed by atoms with Gasteiger partial charge in [-0.2, -0.15) is 0 Å². The number of aliphatic hydroxyl groups excluding tert-OH is 1. The van der Waals surface area contributed by atoms with Crippen molar-refractivity contribution in [2.45, 2.75) is 12.5 Å². The summed E-state index contributed by atoms with van der Waals surface area (Å²) >= 11 is 0. The molecule has 0 amide bonds. The maximum Gasteiger partial charge on any atom is 0.142 e. The Morgan fingerprint density at radius 3 is 3.12 bits per heavy atom. The first-order valence-electron chi connectivity index (χ1n) is 5.48. The minimum Gasteiger partial charge on any atom is -0.495 e. The van der Waals surface area contributed by atoms with E-state index in [1.807, 2.05) is 24.3 Å². The highest BCUT2D eigenvalue weighted by molar-refractivity contribution is 5.66. The quantitative estimate of drug-likeness (QED) is 0.790. The zero-order valence-corrected chi connectivity index (χ0v) is 9.52. The van der Waals surface area contributed by atoms with Crippen LogP contribution in [0.15, 0.2) is 30.9 Å². The lowest BCUT2D eigenvalue weighted by Crippen LogP contribution is -2.31. The van der Waals surface area contributed by atoms with Crippen LogP contribution in [0.1, 0.15) is 18.1 Å². The smallest absolute Gasteiger partial charge is 0.142 e. The van der Waals surface area contributed by atoms with Crippen LogP contribution in [0, 0.1) is 0 Å². The maximum absolute atomic E-state index is 9.96. The van der Waals surface area contributed by atoms with Gasteiger partial charge < -0.3 is 14.7 Å². The number of ether oxygens (including phenoxy) is 1. The summed E-state index contributed by atoms with van der Waals surface area (Å²) in [4.78, 5) is 2.19. The Labute approximate surface area is 96.0 Å². The first-order chi connectivity index (χ1) is 7.77. The summed E-state index contributed by atoms with van der Waals surface area (Å²) in [5, 5.41) is 9.96. The molecule has 3 heteroatoms. The molecule has 1 atom stereocenters. The molecular formula is C13H17NO2. The van der Waals surface area contributed by atoms with Crippen molar-refractivity contribution in [3.8, 4) is 5.75 Å². The van der Waals surface area contributed by atoms with Gasteiger partial charge in [0.15, 0.2) is 0 Å².